The Labute approximate surface area is 124 Å². The van der Waals surface area contributed by atoms with Crippen LogP contribution in [0.2, 0.25) is 0 Å². The molecule has 0 aliphatic rings. The number of rotatable bonds is 6. The molecule has 1 heterocycles. The number of nitrogens with zero attached hydrogens (tertiary/aromatic N) is 2. The van der Waals surface area contributed by atoms with E-state index in [0.717, 1.165) is 17.1 Å². The molecule has 1 N–H and O–H groups in total. The average Bonchev–Trinajstić information content (AvgIpc) is 2.54. The first kappa shape index (κ1) is 15.1. The van der Waals surface area contributed by atoms with E-state index in [1.807, 2.05) is 31.3 Å². The zero-order valence-electron chi connectivity index (χ0n) is 12.6. The molecule has 0 unspecified atom stereocenters. The first-order chi connectivity index (χ1) is 10.2. The van der Waals surface area contributed by atoms with Crippen LogP contribution in [0.3, 0.4) is 0 Å². The number of benzene rings is 1. The first-order valence-electron chi connectivity index (χ1n) is 6.49. The molecule has 0 aliphatic carbocycles. The van der Waals surface area contributed by atoms with Crippen molar-refractivity contribution in [3.05, 3.63) is 30.0 Å². The highest BCUT2D eigenvalue weighted by atomic mass is 16.5. The number of hydrogen-bond donors (Lipinski definition) is 1. The van der Waals surface area contributed by atoms with E-state index >= 15 is 0 Å². The van der Waals surface area contributed by atoms with E-state index in [0.29, 0.717) is 23.9 Å². The van der Waals surface area contributed by atoms with Gasteiger partial charge in [0, 0.05) is 25.8 Å². The summed E-state index contributed by atoms with van der Waals surface area (Å²) in [7, 11) is 6.66. The zero-order chi connectivity index (χ0) is 15.2. The predicted octanol–water partition coefficient (Wildman–Crippen LogP) is 2.35. The van der Waals surface area contributed by atoms with E-state index in [9.17, 15) is 0 Å². The Bertz CT molecular complexity index is 617. The zero-order valence-corrected chi connectivity index (χ0v) is 12.6. The smallest absolute Gasteiger partial charge is 0.161 e. The van der Waals surface area contributed by atoms with Crippen LogP contribution in [0.1, 0.15) is 5.69 Å². The molecule has 0 saturated carbocycles. The van der Waals surface area contributed by atoms with Crippen LogP contribution in [0.15, 0.2) is 24.3 Å². The topological polar surface area (TPSA) is 65.5 Å². The molecule has 0 amide bonds. The summed E-state index contributed by atoms with van der Waals surface area (Å²) in [4.78, 5) is 8.96. The number of ether oxygens (including phenoxy) is 3. The number of hydrogen-bond acceptors (Lipinski definition) is 6. The molecule has 0 bridgehead atoms. The van der Waals surface area contributed by atoms with Crippen molar-refractivity contribution in [1.29, 1.82) is 0 Å². The number of methoxy groups -OCH3 is 3. The second-order valence-corrected chi connectivity index (χ2v) is 4.32. The van der Waals surface area contributed by atoms with Crippen LogP contribution in [-0.2, 0) is 11.3 Å². The highest BCUT2D eigenvalue weighted by Gasteiger charge is 2.10. The lowest BCUT2D eigenvalue weighted by Crippen LogP contribution is -2.02. The lowest BCUT2D eigenvalue weighted by atomic mass is 10.2. The second-order valence-electron chi connectivity index (χ2n) is 4.32. The molecule has 0 fully saturated rings. The van der Waals surface area contributed by atoms with Crippen molar-refractivity contribution in [3.8, 4) is 22.9 Å². The molecule has 0 radical (unpaired) electrons. The monoisotopic (exact) mass is 289 g/mol. The van der Waals surface area contributed by atoms with Crippen LogP contribution in [-0.4, -0.2) is 38.3 Å². The molecule has 2 aromatic rings. The summed E-state index contributed by atoms with van der Waals surface area (Å²) < 4.78 is 15.7. The van der Waals surface area contributed by atoms with Gasteiger partial charge in [0.05, 0.1) is 26.5 Å². The Kier molecular flexibility index (Phi) is 4.94. The van der Waals surface area contributed by atoms with Crippen molar-refractivity contribution in [2.75, 3.05) is 33.7 Å². The molecular weight excluding hydrogens is 270 g/mol. The standard InChI is InChI=1S/C15H19N3O3/c1-16-14-8-11(9-19-2)17-15(18-14)10-5-6-12(20-3)13(7-10)21-4/h5-8H,9H2,1-4H3,(H,16,17,18). The number of anilines is 1. The van der Waals surface area contributed by atoms with Crippen molar-refractivity contribution in [2.45, 2.75) is 6.61 Å². The minimum atomic E-state index is 0.428. The number of aromatic nitrogens is 2. The molecule has 6 nitrogen and oxygen atoms in total. The lowest BCUT2D eigenvalue weighted by Gasteiger charge is -2.11. The van der Waals surface area contributed by atoms with Crippen molar-refractivity contribution in [3.63, 3.8) is 0 Å². The molecular formula is C15H19N3O3. The maximum Gasteiger partial charge on any atom is 0.161 e. The van der Waals surface area contributed by atoms with Crippen molar-refractivity contribution in [1.82, 2.24) is 9.97 Å². The van der Waals surface area contributed by atoms with Gasteiger partial charge in [-0.25, -0.2) is 9.97 Å². The van der Waals surface area contributed by atoms with Gasteiger partial charge in [-0.2, -0.15) is 0 Å². The molecule has 112 valence electrons. The molecule has 0 saturated heterocycles. The van der Waals surface area contributed by atoms with Crippen LogP contribution in [0.5, 0.6) is 11.5 Å². The molecule has 0 aliphatic heterocycles. The second kappa shape index (κ2) is 6.90. The Balaban J connectivity index is 2.47. The highest BCUT2D eigenvalue weighted by molar-refractivity contribution is 5.62. The van der Waals surface area contributed by atoms with Crippen molar-refractivity contribution >= 4 is 5.82 Å². The molecule has 6 heteroatoms. The van der Waals surface area contributed by atoms with Crippen LogP contribution < -0.4 is 14.8 Å². The van der Waals surface area contributed by atoms with Gasteiger partial charge in [0.25, 0.3) is 0 Å². The lowest BCUT2D eigenvalue weighted by molar-refractivity contribution is 0.181. The third kappa shape index (κ3) is 3.41. The highest BCUT2D eigenvalue weighted by Crippen LogP contribution is 2.31. The van der Waals surface area contributed by atoms with E-state index in [1.165, 1.54) is 0 Å². The van der Waals surface area contributed by atoms with Crippen LogP contribution in [0, 0.1) is 0 Å². The van der Waals surface area contributed by atoms with Gasteiger partial charge in [-0.1, -0.05) is 0 Å². The van der Waals surface area contributed by atoms with Crippen LogP contribution in [0.25, 0.3) is 11.4 Å². The summed E-state index contributed by atoms with van der Waals surface area (Å²) in [5.41, 5.74) is 1.66. The Morgan fingerprint density at radius 3 is 2.38 bits per heavy atom. The van der Waals surface area contributed by atoms with Gasteiger partial charge in [-0.05, 0) is 18.2 Å². The van der Waals surface area contributed by atoms with Gasteiger partial charge >= 0.3 is 0 Å². The molecule has 0 spiro atoms. The van der Waals surface area contributed by atoms with E-state index in [1.54, 1.807) is 21.3 Å². The third-order valence-corrected chi connectivity index (χ3v) is 2.97. The van der Waals surface area contributed by atoms with Crippen LogP contribution >= 0.6 is 0 Å². The third-order valence-electron chi connectivity index (χ3n) is 2.97. The summed E-state index contributed by atoms with van der Waals surface area (Å²) in [5, 5.41) is 3.02. The quantitative estimate of drug-likeness (QED) is 0.880. The maximum absolute atomic E-state index is 5.31. The fourth-order valence-electron chi connectivity index (χ4n) is 1.95. The Morgan fingerprint density at radius 1 is 1.00 bits per heavy atom. The Morgan fingerprint density at radius 2 is 1.76 bits per heavy atom. The van der Waals surface area contributed by atoms with Gasteiger partial charge in [-0.15, -0.1) is 0 Å². The first-order valence-corrected chi connectivity index (χ1v) is 6.49. The number of nitrogens with one attached hydrogen (secondary N) is 1. The van der Waals surface area contributed by atoms with Gasteiger partial charge in [0.15, 0.2) is 17.3 Å². The normalized spacial score (nSPS) is 10.3. The van der Waals surface area contributed by atoms with Crippen molar-refractivity contribution < 1.29 is 14.2 Å². The Hall–Kier alpha value is -2.34. The fraction of sp³-hybridized carbons (Fsp3) is 0.333. The van der Waals surface area contributed by atoms with Gasteiger partial charge in [0.2, 0.25) is 0 Å². The van der Waals surface area contributed by atoms with Crippen LogP contribution in [0.4, 0.5) is 5.82 Å². The summed E-state index contributed by atoms with van der Waals surface area (Å²) >= 11 is 0. The predicted molar refractivity (Wildman–Crippen MR) is 80.8 cm³/mol. The SMILES string of the molecule is CNc1cc(COC)nc(-c2ccc(OC)c(OC)c2)n1. The largest absolute Gasteiger partial charge is 0.493 e. The van der Waals surface area contributed by atoms with Gasteiger partial charge in [0.1, 0.15) is 5.82 Å². The van der Waals surface area contributed by atoms with E-state index in [4.69, 9.17) is 14.2 Å². The molecule has 1 aromatic heterocycles. The fourth-order valence-corrected chi connectivity index (χ4v) is 1.95. The molecule has 1 aromatic carbocycles. The van der Waals surface area contributed by atoms with E-state index in [-0.39, 0.29) is 0 Å². The summed E-state index contributed by atoms with van der Waals surface area (Å²) in [6.07, 6.45) is 0. The molecule has 2 rings (SSSR count). The molecule has 21 heavy (non-hydrogen) atoms. The minimum Gasteiger partial charge on any atom is -0.493 e. The maximum atomic E-state index is 5.31. The van der Waals surface area contributed by atoms with Gasteiger partial charge in [-0.3, -0.25) is 0 Å². The van der Waals surface area contributed by atoms with Crippen molar-refractivity contribution in [2.24, 2.45) is 0 Å². The molecule has 0 atom stereocenters. The summed E-state index contributed by atoms with van der Waals surface area (Å²) in [5.74, 6) is 2.65. The van der Waals surface area contributed by atoms with E-state index in [2.05, 4.69) is 15.3 Å². The minimum absolute atomic E-state index is 0.428. The summed E-state index contributed by atoms with van der Waals surface area (Å²) in [6, 6.07) is 7.43. The summed E-state index contributed by atoms with van der Waals surface area (Å²) in [6.45, 7) is 0.428. The average molecular weight is 289 g/mol. The van der Waals surface area contributed by atoms with Gasteiger partial charge < -0.3 is 19.5 Å². The van der Waals surface area contributed by atoms with E-state index < -0.39 is 0 Å².